The van der Waals surface area contributed by atoms with Gasteiger partial charge in [0.1, 0.15) is 12.4 Å². The highest BCUT2D eigenvalue weighted by Gasteiger charge is 2.31. The average Bonchev–Trinajstić information content (AvgIpc) is 3.51. The van der Waals surface area contributed by atoms with Crippen LogP contribution in [0.2, 0.25) is 0 Å². The minimum absolute atomic E-state index is 0.0885. The second kappa shape index (κ2) is 16.0. The molecule has 0 N–H and O–H groups in total. The van der Waals surface area contributed by atoms with E-state index >= 15 is 0 Å². The predicted molar refractivity (Wildman–Crippen MR) is 152 cm³/mol. The standard InChI is InChI=1S/C29H42N2O4S2/c1-4-6-8-9-10-11-23-13-12-22(3)26(19-23)35-20-24-14-15-27(32)31(24)16-18-36-29-30-25(21-37-29)28(33)34-17-7-5-2/h12-13,19,21,24H,4-11,14-18,20H2,1-3H3/t24-/m1/s1. The number of hydrogen-bond acceptors (Lipinski definition) is 7. The summed E-state index contributed by atoms with van der Waals surface area (Å²) in [5, 5.41) is 1.75. The van der Waals surface area contributed by atoms with Crippen molar-refractivity contribution in [1.29, 1.82) is 0 Å². The number of unbranched alkanes of at least 4 members (excludes halogenated alkanes) is 5. The largest absolute Gasteiger partial charge is 0.491 e. The van der Waals surface area contributed by atoms with E-state index in [4.69, 9.17) is 9.47 Å². The van der Waals surface area contributed by atoms with Crippen molar-refractivity contribution in [3.63, 3.8) is 0 Å². The van der Waals surface area contributed by atoms with E-state index in [2.05, 4.69) is 44.0 Å². The molecule has 2 aromatic rings. The van der Waals surface area contributed by atoms with Crippen molar-refractivity contribution in [3.8, 4) is 5.75 Å². The molecule has 0 bridgehead atoms. The van der Waals surface area contributed by atoms with Crippen LogP contribution in [0, 0.1) is 6.92 Å². The minimum Gasteiger partial charge on any atom is -0.491 e. The molecule has 1 aromatic heterocycles. The van der Waals surface area contributed by atoms with Crippen molar-refractivity contribution < 1.29 is 19.1 Å². The summed E-state index contributed by atoms with van der Waals surface area (Å²) in [4.78, 5) is 31.0. The lowest BCUT2D eigenvalue weighted by atomic mass is 10.0. The lowest BCUT2D eigenvalue weighted by Gasteiger charge is -2.25. The van der Waals surface area contributed by atoms with Gasteiger partial charge in [-0.25, -0.2) is 9.78 Å². The number of likely N-dealkylation sites (tertiary alicyclic amines) is 1. The number of esters is 1. The lowest BCUT2D eigenvalue weighted by molar-refractivity contribution is -0.129. The Morgan fingerprint density at radius 3 is 2.78 bits per heavy atom. The number of thiazole rings is 1. The molecular weight excluding hydrogens is 504 g/mol. The third kappa shape index (κ3) is 9.64. The van der Waals surface area contributed by atoms with E-state index in [0.29, 0.717) is 31.9 Å². The number of nitrogens with zero attached hydrogens (tertiary/aromatic N) is 2. The smallest absolute Gasteiger partial charge is 0.357 e. The molecule has 37 heavy (non-hydrogen) atoms. The van der Waals surface area contributed by atoms with Gasteiger partial charge in [-0.1, -0.05) is 69.8 Å². The zero-order valence-electron chi connectivity index (χ0n) is 22.6. The minimum atomic E-state index is -0.362. The van der Waals surface area contributed by atoms with Crippen LogP contribution in [0.5, 0.6) is 5.75 Å². The summed E-state index contributed by atoms with van der Waals surface area (Å²) < 4.78 is 12.3. The van der Waals surface area contributed by atoms with Crippen LogP contribution in [0.1, 0.15) is 93.3 Å². The van der Waals surface area contributed by atoms with Gasteiger partial charge >= 0.3 is 5.97 Å². The fourth-order valence-corrected chi connectivity index (χ4v) is 6.18. The Kier molecular flexibility index (Phi) is 12.8. The lowest BCUT2D eigenvalue weighted by Crippen LogP contribution is -2.38. The Labute approximate surface area is 230 Å². The van der Waals surface area contributed by atoms with E-state index in [9.17, 15) is 9.59 Å². The summed E-state index contributed by atoms with van der Waals surface area (Å²) in [5.41, 5.74) is 2.82. The molecule has 0 aliphatic carbocycles. The second-order valence-corrected chi connectivity index (χ2v) is 11.9. The quantitative estimate of drug-likeness (QED) is 0.120. The first-order chi connectivity index (χ1) is 18.0. The van der Waals surface area contributed by atoms with E-state index in [1.807, 2.05) is 4.90 Å². The van der Waals surface area contributed by atoms with Crippen molar-refractivity contribution in [3.05, 3.63) is 40.4 Å². The van der Waals surface area contributed by atoms with Gasteiger partial charge in [-0.05, 0) is 49.8 Å². The van der Waals surface area contributed by atoms with Crippen LogP contribution < -0.4 is 4.74 Å². The number of ether oxygens (including phenoxy) is 2. The van der Waals surface area contributed by atoms with Crippen molar-refractivity contribution in [2.75, 3.05) is 25.5 Å². The van der Waals surface area contributed by atoms with Gasteiger partial charge in [-0.2, -0.15) is 0 Å². The van der Waals surface area contributed by atoms with Crippen LogP contribution in [0.15, 0.2) is 27.9 Å². The molecule has 1 atom stereocenters. The molecule has 1 amide bonds. The number of amides is 1. The predicted octanol–water partition coefficient (Wildman–Crippen LogP) is 7.08. The summed E-state index contributed by atoms with van der Waals surface area (Å²) in [6.45, 7) is 7.97. The molecule has 8 heteroatoms. The molecule has 3 rings (SSSR count). The first-order valence-corrected chi connectivity index (χ1v) is 15.7. The molecule has 1 aliphatic rings. The monoisotopic (exact) mass is 546 g/mol. The number of thioether (sulfide) groups is 1. The van der Waals surface area contributed by atoms with Crippen LogP contribution in [-0.4, -0.2) is 53.3 Å². The van der Waals surface area contributed by atoms with Crippen LogP contribution in [-0.2, 0) is 16.0 Å². The van der Waals surface area contributed by atoms with E-state index in [-0.39, 0.29) is 17.9 Å². The summed E-state index contributed by atoms with van der Waals surface area (Å²) in [5.74, 6) is 1.48. The Morgan fingerprint density at radius 2 is 1.97 bits per heavy atom. The molecule has 1 fully saturated rings. The molecule has 204 valence electrons. The molecule has 1 aliphatic heterocycles. The number of carbonyl (C=O) groups excluding carboxylic acids is 2. The van der Waals surface area contributed by atoms with Crippen molar-refractivity contribution in [2.45, 2.75) is 95.4 Å². The molecule has 1 saturated heterocycles. The second-order valence-electron chi connectivity index (χ2n) is 9.69. The molecule has 1 aromatic carbocycles. The van der Waals surface area contributed by atoms with Gasteiger partial charge < -0.3 is 14.4 Å². The molecule has 6 nitrogen and oxygen atoms in total. The van der Waals surface area contributed by atoms with Gasteiger partial charge in [0.15, 0.2) is 10.0 Å². The normalized spacial score (nSPS) is 15.4. The highest BCUT2D eigenvalue weighted by Crippen LogP contribution is 2.27. The maximum atomic E-state index is 12.6. The fraction of sp³-hybridized carbons (Fsp3) is 0.621. The van der Waals surface area contributed by atoms with E-state index in [1.54, 1.807) is 17.1 Å². The van der Waals surface area contributed by atoms with Crippen LogP contribution in [0.3, 0.4) is 0 Å². The Hall–Kier alpha value is -2.06. The van der Waals surface area contributed by atoms with Gasteiger partial charge in [0.25, 0.3) is 0 Å². The van der Waals surface area contributed by atoms with Crippen LogP contribution >= 0.6 is 23.1 Å². The number of rotatable bonds is 17. The van der Waals surface area contributed by atoms with E-state index in [0.717, 1.165) is 47.1 Å². The third-order valence-electron chi connectivity index (χ3n) is 6.69. The summed E-state index contributed by atoms with van der Waals surface area (Å²) >= 11 is 3.02. The zero-order chi connectivity index (χ0) is 26.5. The number of carbonyl (C=O) groups is 2. The Balaban J connectivity index is 1.45. The van der Waals surface area contributed by atoms with Gasteiger partial charge in [0.05, 0.1) is 12.6 Å². The first kappa shape index (κ1) is 29.5. The average molecular weight is 547 g/mol. The maximum Gasteiger partial charge on any atom is 0.357 e. The number of hydrogen-bond donors (Lipinski definition) is 0. The topological polar surface area (TPSA) is 68.7 Å². The zero-order valence-corrected chi connectivity index (χ0v) is 24.3. The van der Waals surface area contributed by atoms with E-state index in [1.165, 1.54) is 49.0 Å². The van der Waals surface area contributed by atoms with Crippen LogP contribution in [0.25, 0.3) is 0 Å². The maximum absolute atomic E-state index is 12.6. The van der Waals surface area contributed by atoms with Gasteiger partial charge in [-0.15, -0.1) is 11.3 Å². The molecular formula is C29H42N2O4S2. The van der Waals surface area contributed by atoms with Gasteiger partial charge in [0, 0.05) is 24.1 Å². The number of benzene rings is 1. The SMILES string of the molecule is CCCCCCCc1ccc(C)c(OC[C@H]2CCC(=O)N2CCSc2nc(C(=O)OCCCC)cs2)c1. The molecule has 0 spiro atoms. The van der Waals surface area contributed by atoms with Crippen molar-refractivity contribution >= 4 is 35.0 Å². The van der Waals surface area contributed by atoms with Crippen molar-refractivity contribution in [2.24, 2.45) is 0 Å². The van der Waals surface area contributed by atoms with Gasteiger partial charge in [0.2, 0.25) is 5.91 Å². The molecule has 0 radical (unpaired) electrons. The van der Waals surface area contributed by atoms with E-state index < -0.39 is 0 Å². The van der Waals surface area contributed by atoms with Gasteiger partial charge in [-0.3, -0.25) is 4.79 Å². The summed E-state index contributed by atoms with van der Waals surface area (Å²) in [7, 11) is 0. The first-order valence-electron chi connectivity index (χ1n) is 13.8. The fourth-order valence-electron chi connectivity index (χ4n) is 4.38. The highest BCUT2D eigenvalue weighted by atomic mass is 32.2. The summed E-state index contributed by atoms with van der Waals surface area (Å²) in [6.07, 6.45) is 10.7. The Bertz CT molecular complexity index is 994. The Morgan fingerprint density at radius 1 is 1.16 bits per heavy atom. The van der Waals surface area contributed by atoms with Crippen molar-refractivity contribution in [1.82, 2.24) is 9.88 Å². The highest BCUT2D eigenvalue weighted by molar-refractivity contribution is 8.01. The molecule has 0 saturated carbocycles. The number of aryl methyl sites for hydroxylation is 2. The number of aromatic nitrogens is 1. The molecule has 2 heterocycles. The molecule has 0 unspecified atom stereocenters. The third-order valence-corrected chi connectivity index (χ3v) is 8.69. The van der Waals surface area contributed by atoms with Crippen LogP contribution in [0.4, 0.5) is 0 Å². The summed E-state index contributed by atoms with van der Waals surface area (Å²) in [6, 6.07) is 6.62.